The molecule has 0 atom stereocenters. The van der Waals surface area contributed by atoms with Crippen LogP contribution in [0.4, 0.5) is 8.78 Å². The summed E-state index contributed by atoms with van der Waals surface area (Å²) in [5.74, 6) is -1.61. The number of piperidine rings is 1. The summed E-state index contributed by atoms with van der Waals surface area (Å²) in [6.07, 6.45) is 1.90. The third-order valence-corrected chi connectivity index (χ3v) is 6.26. The van der Waals surface area contributed by atoms with Crippen molar-refractivity contribution >= 4 is 10.0 Å². The average Bonchev–Trinajstić information content (AvgIpc) is 2.65. The van der Waals surface area contributed by atoms with Gasteiger partial charge in [-0.1, -0.05) is 36.4 Å². The van der Waals surface area contributed by atoms with Crippen LogP contribution in [0.2, 0.25) is 0 Å². The van der Waals surface area contributed by atoms with Crippen LogP contribution in [0, 0.1) is 11.6 Å². The van der Waals surface area contributed by atoms with Gasteiger partial charge in [-0.25, -0.2) is 21.9 Å². The van der Waals surface area contributed by atoms with E-state index in [2.05, 4.69) is 9.62 Å². The van der Waals surface area contributed by atoms with Crippen LogP contribution < -0.4 is 4.72 Å². The molecule has 0 aliphatic carbocycles. The predicted octanol–water partition coefficient (Wildman–Crippen LogP) is 3.09. The number of nitrogens with one attached hydrogen (secondary N) is 1. The van der Waals surface area contributed by atoms with Crippen LogP contribution >= 0.6 is 0 Å². The lowest BCUT2D eigenvalue weighted by Gasteiger charge is -2.32. The highest BCUT2D eigenvalue weighted by Gasteiger charge is 2.23. The van der Waals surface area contributed by atoms with Crippen LogP contribution in [-0.4, -0.2) is 38.2 Å². The minimum atomic E-state index is -3.33. The molecule has 27 heavy (non-hydrogen) atoms. The van der Waals surface area contributed by atoms with Crippen molar-refractivity contribution in [3.63, 3.8) is 0 Å². The van der Waals surface area contributed by atoms with Crippen molar-refractivity contribution in [2.24, 2.45) is 0 Å². The van der Waals surface area contributed by atoms with Gasteiger partial charge >= 0.3 is 0 Å². The van der Waals surface area contributed by atoms with E-state index in [4.69, 9.17) is 0 Å². The fourth-order valence-corrected chi connectivity index (χ4v) is 4.68. The van der Waals surface area contributed by atoms with E-state index in [0.29, 0.717) is 38.9 Å². The number of hydrogen-bond acceptors (Lipinski definition) is 3. The van der Waals surface area contributed by atoms with Crippen LogP contribution in [0.1, 0.15) is 24.0 Å². The highest BCUT2D eigenvalue weighted by Crippen LogP contribution is 2.16. The van der Waals surface area contributed by atoms with Crippen LogP contribution in [0.15, 0.2) is 48.5 Å². The van der Waals surface area contributed by atoms with Gasteiger partial charge in [-0.15, -0.1) is 0 Å². The van der Waals surface area contributed by atoms with Gasteiger partial charge in [0.15, 0.2) is 11.6 Å². The van der Waals surface area contributed by atoms with E-state index in [1.165, 1.54) is 6.07 Å². The fourth-order valence-electron chi connectivity index (χ4n) is 3.31. The lowest BCUT2D eigenvalue weighted by atomic mass is 10.1. The van der Waals surface area contributed by atoms with Gasteiger partial charge < -0.3 is 0 Å². The first-order chi connectivity index (χ1) is 12.9. The fraction of sp³-hybridized carbons (Fsp3) is 0.400. The van der Waals surface area contributed by atoms with Crippen molar-refractivity contribution in [3.8, 4) is 0 Å². The maximum atomic E-state index is 13.3. The Kier molecular flexibility index (Phi) is 6.57. The Balaban J connectivity index is 1.45. The Morgan fingerprint density at radius 1 is 0.963 bits per heavy atom. The number of sulfonamides is 1. The van der Waals surface area contributed by atoms with Gasteiger partial charge in [0.25, 0.3) is 0 Å². The van der Waals surface area contributed by atoms with E-state index >= 15 is 0 Å². The number of halogens is 2. The predicted molar refractivity (Wildman–Crippen MR) is 102 cm³/mol. The summed E-state index contributed by atoms with van der Waals surface area (Å²) in [6, 6.07) is 13.4. The van der Waals surface area contributed by atoms with E-state index < -0.39 is 21.7 Å². The van der Waals surface area contributed by atoms with Gasteiger partial charge in [0.1, 0.15) is 0 Å². The summed E-state index contributed by atoms with van der Waals surface area (Å²) in [4.78, 5) is 2.13. The second kappa shape index (κ2) is 8.91. The van der Waals surface area contributed by atoms with E-state index in [1.54, 1.807) is 6.07 Å². The minimum absolute atomic E-state index is 0.0755. The minimum Gasteiger partial charge on any atom is -0.299 e. The number of likely N-dealkylation sites (tertiary alicyclic amines) is 1. The van der Waals surface area contributed by atoms with Crippen molar-refractivity contribution in [1.29, 1.82) is 0 Å². The zero-order valence-electron chi connectivity index (χ0n) is 15.1. The molecule has 7 heteroatoms. The Morgan fingerprint density at radius 3 is 2.33 bits per heavy atom. The van der Waals surface area contributed by atoms with Gasteiger partial charge in [-0.05, 0) is 42.5 Å². The third kappa shape index (κ3) is 6.09. The second-order valence-corrected chi connectivity index (χ2v) is 8.84. The molecule has 0 bridgehead atoms. The lowest BCUT2D eigenvalue weighted by Crippen LogP contribution is -2.45. The Labute approximate surface area is 159 Å². The first-order valence-corrected chi connectivity index (χ1v) is 10.8. The maximum absolute atomic E-state index is 13.3. The Bertz CT molecular complexity index is 852. The SMILES string of the molecule is O=S(=O)(CCc1ccccc1)NC1CCN(Cc2ccc(F)c(F)c2)CC1. The summed E-state index contributed by atoms with van der Waals surface area (Å²) in [7, 11) is -3.33. The molecule has 1 saturated heterocycles. The number of benzene rings is 2. The highest BCUT2D eigenvalue weighted by molar-refractivity contribution is 7.89. The molecule has 1 N–H and O–H groups in total. The first-order valence-electron chi connectivity index (χ1n) is 9.11. The van der Waals surface area contributed by atoms with Gasteiger partial charge in [0.05, 0.1) is 5.75 Å². The molecule has 0 radical (unpaired) electrons. The smallest absolute Gasteiger partial charge is 0.212 e. The molecule has 1 heterocycles. The molecule has 0 amide bonds. The molecule has 4 nitrogen and oxygen atoms in total. The summed E-state index contributed by atoms with van der Waals surface area (Å²) in [5.41, 5.74) is 1.72. The number of nitrogens with zero attached hydrogens (tertiary/aromatic N) is 1. The lowest BCUT2D eigenvalue weighted by molar-refractivity contribution is 0.199. The molecule has 0 aromatic heterocycles. The zero-order valence-corrected chi connectivity index (χ0v) is 15.9. The Morgan fingerprint density at radius 2 is 1.67 bits per heavy atom. The van der Waals surface area contributed by atoms with Gasteiger partial charge in [0, 0.05) is 25.7 Å². The third-order valence-electron chi connectivity index (χ3n) is 4.83. The molecule has 2 aromatic rings. The molecule has 0 spiro atoms. The molecular weight excluding hydrogens is 370 g/mol. The van der Waals surface area contributed by atoms with E-state index in [-0.39, 0.29) is 11.8 Å². The van der Waals surface area contributed by atoms with Gasteiger partial charge in [-0.2, -0.15) is 0 Å². The normalized spacial score (nSPS) is 16.5. The van der Waals surface area contributed by atoms with Crippen molar-refractivity contribution < 1.29 is 17.2 Å². The largest absolute Gasteiger partial charge is 0.299 e. The van der Waals surface area contributed by atoms with Crippen molar-refractivity contribution in [2.75, 3.05) is 18.8 Å². The summed E-state index contributed by atoms with van der Waals surface area (Å²) in [6.45, 7) is 1.96. The summed E-state index contributed by atoms with van der Waals surface area (Å²) >= 11 is 0. The first kappa shape index (κ1) is 19.9. The molecule has 1 aliphatic rings. The van der Waals surface area contributed by atoms with Gasteiger partial charge in [-0.3, -0.25) is 4.90 Å². The molecule has 2 aromatic carbocycles. The van der Waals surface area contributed by atoms with Gasteiger partial charge in [0.2, 0.25) is 10.0 Å². The topological polar surface area (TPSA) is 49.4 Å². The quantitative estimate of drug-likeness (QED) is 0.785. The van der Waals surface area contributed by atoms with E-state index in [9.17, 15) is 17.2 Å². The molecule has 1 fully saturated rings. The van der Waals surface area contributed by atoms with E-state index in [0.717, 1.165) is 17.2 Å². The zero-order chi connectivity index (χ0) is 19.3. The van der Waals surface area contributed by atoms with Crippen LogP contribution in [0.5, 0.6) is 0 Å². The average molecular weight is 394 g/mol. The molecule has 0 saturated carbocycles. The van der Waals surface area contributed by atoms with Crippen LogP contribution in [0.25, 0.3) is 0 Å². The van der Waals surface area contributed by atoms with Crippen molar-refractivity contribution in [3.05, 3.63) is 71.3 Å². The molecule has 1 aliphatic heterocycles. The maximum Gasteiger partial charge on any atom is 0.212 e. The summed E-state index contributed by atoms with van der Waals surface area (Å²) in [5, 5.41) is 0. The number of hydrogen-bond donors (Lipinski definition) is 1. The van der Waals surface area contributed by atoms with Crippen molar-refractivity contribution in [1.82, 2.24) is 9.62 Å². The molecule has 3 rings (SSSR count). The summed E-state index contributed by atoms with van der Waals surface area (Å²) < 4.78 is 53.7. The van der Waals surface area contributed by atoms with E-state index in [1.807, 2.05) is 30.3 Å². The van der Waals surface area contributed by atoms with Crippen LogP contribution in [0.3, 0.4) is 0 Å². The number of aryl methyl sites for hydroxylation is 1. The molecule has 146 valence electrons. The highest BCUT2D eigenvalue weighted by atomic mass is 32.2. The Hall–Kier alpha value is -1.83. The standard InChI is InChI=1S/C20H24F2N2O2S/c21-19-7-6-17(14-20(19)22)15-24-11-8-18(9-12-24)23-27(25,26)13-10-16-4-2-1-3-5-16/h1-7,14,18,23H,8-13,15H2. The van der Waals surface area contributed by atoms with Crippen LogP contribution in [-0.2, 0) is 23.0 Å². The monoisotopic (exact) mass is 394 g/mol. The molecular formula is C20H24F2N2O2S. The molecule has 0 unspecified atom stereocenters. The second-order valence-electron chi connectivity index (χ2n) is 6.97. The number of rotatable bonds is 7. The van der Waals surface area contributed by atoms with Crippen molar-refractivity contribution in [2.45, 2.75) is 31.8 Å².